The van der Waals surface area contributed by atoms with Gasteiger partial charge in [-0.1, -0.05) is 19.3 Å². The van der Waals surface area contributed by atoms with Gasteiger partial charge in [-0.25, -0.2) is 8.78 Å². The molecule has 0 bridgehead atoms. The SMILES string of the molecule is COc1ccc(F)c([C@@H](N)C2CCCCC2)c1F.Cl. The first kappa shape index (κ1) is 16.2. The number of hydrogen-bond acceptors (Lipinski definition) is 2. The van der Waals surface area contributed by atoms with Gasteiger partial charge in [-0.15, -0.1) is 12.4 Å². The van der Waals surface area contributed by atoms with Crippen LogP contribution in [0.2, 0.25) is 0 Å². The number of ether oxygens (including phenoxy) is 1. The summed E-state index contributed by atoms with van der Waals surface area (Å²) < 4.78 is 32.8. The van der Waals surface area contributed by atoms with Crippen molar-refractivity contribution in [2.24, 2.45) is 11.7 Å². The van der Waals surface area contributed by atoms with Gasteiger partial charge in [0.25, 0.3) is 0 Å². The Balaban J connectivity index is 0.00000180. The van der Waals surface area contributed by atoms with Crippen LogP contribution in [0, 0.1) is 17.6 Å². The summed E-state index contributed by atoms with van der Waals surface area (Å²) >= 11 is 0. The third-order valence-corrected chi connectivity index (χ3v) is 3.80. The first-order valence-electron chi connectivity index (χ1n) is 6.42. The number of benzene rings is 1. The number of nitrogens with two attached hydrogens (primary N) is 1. The fraction of sp³-hybridized carbons (Fsp3) is 0.571. The predicted molar refractivity (Wildman–Crippen MR) is 73.7 cm³/mol. The molecule has 1 aliphatic carbocycles. The molecule has 2 N–H and O–H groups in total. The standard InChI is InChI=1S/C14H19F2NO.ClH/c1-18-11-8-7-10(15)12(13(11)16)14(17)9-5-3-2-4-6-9;/h7-9,14H,2-6,17H2,1H3;1H/t14-;/m0./s1. The van der Waals surface area contributed by atoms with Crippen LogP contribution in [0.25, 0.3) is 0 Å². The fourth-order valence-electron chi connectivity index (χ4n) is 2.74. The van der Waals surface area contributed by atoms with Gasteiger partial charge in [0.2, 0.25) is 0 Å². The van der Waals surface area contributed by atoms with E-state index in [0.717, 1.165) is 25.7 Å². The zero-order valence-electron chi connectivity index (χ0n) is 11.0. The maximum Gasteiger partial charge on any atom is 0.172 e. The van der Waals surface area contributed by atoms with Crippen LogP contribution in [0.5, 0.6) is 5.75 Å². The molecule has 1 atom stereocenters. The van der Waals surface area contributed by atoms with Gasteiger partial charge in [-0.05, 0) is 30.9 Å². The van der Waals surface area contributed by atoms with E-state index in [1.165, 1.54) is 25.7 Å². The van der Waals surface area contributed by atoms with E-state index in [4.69, 9.17) is 10.5 Å². The average molecular weight is 292 g/mol. The molecule has 0 spiro atoms. The monoisotopic (exact) mass is 291 g/mol. The molecule has 1 aromatic rings. The smallest absolute Gasteiger partial charge is 0.172 e. The molecular weight excluding hydrogens is 272 g/mol. The quantitative estimate of drug-likeness (QED) is 0.914. The van der Waals surface area contributed by atoms with Crippen LogP contribution < -0.4 is 10.5 Å². The van der Waals surface area contributed by atoms with Gasteiger partial charge >= 0.3 is 0 Å². The molecule has 2 nitrogen and oxygen atoms in total. The Labute approximate surface area is 118 Å². The highest BCUT2D eigenvalue weighted by Crippen LogP contribution is 2.36. The van der Waals surface area contributed by atoms with Crippen molar-refractivity contribution in [2.75, 3.05) is 7.11 Å². The lowest BCUT2D eigenvalue weighted by Gasteiger charge is -2.28. The largest absolute Gasteiger partial charge is 0.494 e. The lowest BCUT2D eigenvalue weighted by Crippen LogP contribution is -2.25. The number of rotatable bonds is 3. The lowest BCUT2D eigenvalue weighted by atomic mass is 9.81. The molecule has 0 aliphatic heterocycles. The van der Waals surface area contributed by atoms with Crippen molar-refractivity contribution in [1.82, 2.24) is 0 Å². The minimum absolute atomic E-state index is 0. The third kappa shape index (κ3) is 3.37. The topological polar surface area (TPSA) is 35.2 Å². The number of methoxy groups -OCH3 is 1. The summed E-state index contributed by atoms with van der Waals surface area (Å²) in [4.78, 5) is 0. The van der Waals surface area contributed by atoms with Crippen molar-refractivity contribution >= 4 is 12.4 Å². The van der Waals surface area contributed by atoms with Crippen LogP contribution >= 0.6 is 12.4 Å². The van der Waals surface area contributed by atoms with Crippen LogP contribution in [0.4, 0.5) is 8.78 Å². The van der Waals surface area contributed by atoms with E-state index in [-0.39, 0.29) is 29.6 Å². The molecule has 5 heteroatoms. The van der Waals surface area contributed by atoms with Crippen LogP contribution in [-0.2, 0) is 0 Å². The maximum absolute atomic E-state index is 14.1. The second-order valence-corrected chi connectivity index (χ2v) is 4.90. The summed E-state index contributed by atoms with van der Waals surface area (Å²) in [7, 11) is 1.37. The summed E-state index contributed by atoms with van der Waals surface area (Å²) in [6.45, 7) is 0. The Bertz CT molecular complexity index is 422. The Morgan fingerprint density at radius 3 is 2.42 bits per heavy atom. The molecule has 108 valence electrons. The van der Waals surface area contributed by atoms with Gasteiger partial charge in [0.15, 0.2) is 11.6 Å². The zero-order chi connectivity index (χ0) is 13.1. The van der Waals surface area contributed by atoms with Crippen molar-refractivity contribution < 1.29 is 13.5 Å². The summed E-state index contributed by atoms with van der Waals surface area (Å²) in [6.07, 6.45) is 5.25. The molecule has 0 radical (unpaired) electrons. The molecule has 0 saturated heterocycles. The van der Waals surface area contributed by atoms with Gasteiger partial charge in [0.05, 0.1) is 7.11 Å². The van der Waals surface area contributed by atoms with Crippen molar-refractivity contribution in [3.63, 3.8) is 0 Å². The van der Waals surface area contributed by atoms with E-state index in [9.17, 15) is 8.78 Å². The Morgan fingerprint density at radius 1 is 1.21 bits per heavy atom. The van der Waals surface area contributed by atoms with Gasteiger partial charge in [0, 0.05) is 11.6 Å². The fourth-order valence-corrected chi connectivity index (χ4v) is 2.74. The maximum atomic E-state index is 14.1. The molecular formula is C14H20ClF2NO. The summed E-state index contributed by atoms with van der Waals surface area (Å²) in [5, 5.41) is 0. The number of hydrogen-bond donors (Lipinski definition) is 1. The first-order valence-corrected chi connectivity index (χ1v) is 6.42. The van der Waals surface area contributed by atoms with E-state index < -0.39 is 17.7 Å². The van der Waals surface area contributed by atoms with Gasteiger partial charge in [0.1, 0.15) is 5.82 Å². The minimum atomic E-state index is -0.657. The molecule has 0 amide bonds. The van der Waals surface area contributed by atoms with E-state index >= 15 is 0 Å². The highest BCUT2D eigenvalue weighted by atomic mass is 35.5. The predicted octanol–water partition coefficient (Wildman–Crippen LogP) is 3.98. The van der Waals surface area contributed by atoms with Gasteiger partial charge in [-0.3, -0.25) is 0 Å². The second-order valence-electron chi connectivity index (χ2n) is 4.90. The van der Waals surface area contributed by atoms with E-state index in [1.54, 1.807) is 0 Å². The molecule has 2 rings (SSSR count). The average Bonchev–Trinajstić information content (AvgIpc) is 2.40. The molecule has 1 aromatic carbocycles. The van der Waals surface area contributed by atoms with E-state index in [0.29, 0.717) is 0 Å². The second kappa shape index (κ2) is 7.06. The molecule has 19 heavy (non-hydrogen) atoms. The lowest BCUT2D eigenvalue weighted by molar-refractivity contribution is 0.294. The molecule has 0 aromatic heterocycles. The Kier molecular flexibility index (Phi) is 6.01. The van der Waals surface area contributed by atoms with Crippen molar-refractivity contribution in [3.8, 4) is 5.75 Å². The first-order chi connectivity index (χ1) is 8.65. The highest BCUT2D eigenvalue weighted by Gasteiger charge is 2.28. The molecule has 1 fully saturated rings. The van der Waals surface area contributed by atoms with Gasteiger partial charge < -0.3 is 10.5 Å². The zero-order valence-corrected chi connectivity index (χ0v) is 11.8. The third-order valence-electron chi connectivity index (χ3n) is 3.80. The van der Waals surface area contributed by atoms with Crippen LogP contribution in [-0.4, -0.2) is 7.11 Å². The molecule has 0 heterocycles. The van der Waals surface area contributed by atoms with Crippen molar-refractivity contribution in [2.45, 2.75) is 38.1 Å². The summed E-state index contributed by atoms with van der Waals surface area (Å²) in [5.74, 6) is -1.02. The Morgan fingerprint density at radius 2 is 1.84 bits per heavy atom. The van der Waals surface area contributed by atoms with Crippen molar-refractivity contribution in [1.29, 1.82) is 0 Å². The molecule has 1 saturated carbocycles. The van der Waals surface area contributed by atoms with Gasteiger partial charge in [-0.2, -0.15) is 0 Å². The van der Waals surface area contributed by atoms with E-state index in [2.05, 4.69) is 0 Å². The summed E-state index contributed by atoms with van der Waals surface area (Å²) in [5.41, 5.74) is 6.03. The number of halogens is 3. The molecule has 0 unspecified atom stereocenters. The van der Waals surface area contributed by atoms with Crippen LogP contribution in [0.1, 0.15) is 43.7 Å². The minimum Gasteiger partial charge on any atom is -0.494 e. The van der Waals surface area contributed by atoms with Crippen LogP contribution in [0.15, 0.2) is 12.1 Å². The van der Waals surface area contributed by atoms with E-state index in [1.807, 2.05) is 0 Å². The Hall–Kier alpha value is -0.870. The summed E-state index contributed by atoms with van der Waals surface area (Å²) in [6, 6.07) is 1.93. The van der Waals surface area contributed by atoms with Crippen LogP contribution in [0.3, 0.4) is 0 Å². The normalized spacial score (nSPS) is 17.7. The van der Waals surface area contributed by atoms with Crippen molar-refractivity contribution in [3.05, 3.63) is 29.3 Å². The molecule has 1 aliphatic rings. The highest BCUT2D eigenvalue weighted by molar-refractivity contribution is 5.85.